The second-order valence-electron chi connectivity index (χ2n) is 5.95. The number of methoxy groups -OCH3 is 1. The monoisotopic (exact) mass is 325 g/mol. The fourth-order valence-corrected chi connectivity index (χ4v) is 3.13. The first-order valence-corrected chi connectivity index (χ1v) is 8.05. The Bertz CT molecular complexity index is 797. The molecule has 6 nitrogen and oxygen atoms in total. The first-order valence-electron chi connectivity index (χ1n) is 8.05. The van der Waals surface area contributed by atoms with Crippen LogP contribution in [-0.4, -0.2) is 35.3 Å². The number of ether oxygens (including phenoxy) is 1. The van der Waals surface area contributed by atoms with E-state index in [0.717, 1.165) is 43.1 Å². The standard InChI is InChI=1S/C18H19N3O3/c1-22-16-7-3-2-6-15(16)18-20-19-17(24-18)13-8-9-21(11-13)12-14-5-4-10-23-14/h2-7,10,13H,8-9,11-12H2,1H3. The predicted octanol–water partition coefficient (Wildman–Crippen LogP) is 3.33. The lowest BCUT2D eigenvalue weighted by molar-refractivity contribution is 0.290. The third-order valence-corrected chi connectivity index (χ3v) is 4.36. The van der Waals surface area contributed by atoms with E-state index in [1.54, 1.807) is 13.4 Å². The molecule has 0 saturated carbocycles. The minimum atomic E-state index is 0.260. The van der Waals surface area contributed by atoms with Gasteiger partial charge in [-0.3, -0.25) is 4.90 Å². The van der Waals surface area contributed by atoms with E-state index in [1.165, 1.54) is 0 Å². The van der Waals surface area contributed by atoms with Crippen molar-refractivity contribution in [2.75, 3.05) is 20.2 Å². The van der Waals surface area contributed by atoms with Crippen molar-refractivity contribution in [2.24, 2.45) is 0 Å². The molecule has 4 rings (SSSR count). The number of nitrogens with zero attached hydrogens (tertiary/aromatic N) is 3. The summed E-state index contributed by atoms with van der Waals surface area (Å²) < 4.78 is 16.7. The fraction of sp³-hybridized carbons (Fsp3) is 0.333. The molecular formula is C18H19N3O3. The highest BCUT2D eigenvalue weighted by Crippen LogP contribution is 2.32. The van der Waals surface area contributed by atoms with E-state index >= 15 is 0 Å². The van der Waals surface area contributed by atoms with E-state index in [9.17, 15) is 0 Å². The van der Waals surface area contributed by atoms with Gasteiger partial charge in [-0.05, 0) is 37.2 Å². The Morgan fingerprint density at radius 3 is 2.96 bits per heavy atom. The van der Waals surface area contributed by atoms with Crippen molar-refractivity contribution in [3.05, 3.63) is 54.3 Å². The third kappa shape index (κ3) is 2.92. The highest BCUT2D eigenvalue weighted by molar-refractivity contribution is 5.62. The van der Waals surface area contributed by atoms with Gasteiger partial charge in [0, 0.05) is 6.54 Å². The van der Waals surface area contributed by atoms with Gasteiger partial charge < -0.3 is 13.6 Å². The lowest BCUT2D eigenvalue weighted by atomic mass is 10.1. The highest BCUT2D eigenvalue weighted by atomic mass is 16.5. The summed E-state index contributed by atoms with van der Waals surface area (Å²) in [5, 5.41) is 8.47. The number of para-hydroxylation sites is 1. The summed E-state index contributed by atoms with van der Waals surface area (Å²) >= 11 is 0. The van der Waals surface area contributed by atoms with E-state index in [2.05, 4.69) is 15.1 Å². The zero-order chi connectivity index (χ0) is 16.4. The van der Waals surface area contributed by atoms with Crippen LogP contribution in [0.3, 0.4) is 0 Å². The van der Waals surface area contributed by atoms with Crippen molar-refractivity contribution in [2.45, 2.75) is 18.9 Å². The van der Waals surface area contributed by atoms with Gasteiger partial charge in [0.25, 0.3) is 5.89 Å². The van der Waals surface area contributed by atoms with Crippen LogP contribution in [-0.2, 0) is 6.54 Å². The predicted molar refractivity (Wildman–Crippen MR) is 87.6 cm³/mol. The molecule has 0 amide bonds. The van der Waals surface area contributed by atoms with Crippen LogP contribution in [0.5, 0.6) is 5.75 Å². The molecule has 1 unspecified atom stereocenters. The lowest BCUT2D eigenvalue weighted by Crippen LogP contribution is -2.19. The van der Waals surface area contributed by atoms with Gasteiger partial charge in [0.15, 0.2) is 0 Å². The molecule has 0 bridgehead atoms. The van der Waals surface area contributed by atoms with Crippen LogP contribution in [0.25, 0.3) is 11.5 Å². The van der Waals surface area contributed by atoms with E-state index in [4.69, 9.17) is 13.6 Å². The molecule has 3 aromatic rings. The van der Waals surface area contributed by atoms with Gasteiger partial charge in [-0.25, -0.2) is 0 Å². The van der Waals surface area contributed by atoms with E-state index < -0.39 is 0 Å². The van der Waals surface area contributed by atoms with Crippen LogP contribution in [0.4, 0.5) is 0 Å². The third-order valence-electron chi connectivity index (χ3n) is 4.36. The largest absolute Gasteiger partial charge is 0.496 e. The van der Waals surface area contributed by atoms with Gasteiger partial charge in [-0.2, -0.15) is 0 Å². The van der Waals surface area contributed by atoms with Gasteiger partial charge in [0.05, 0.1) is 31.4 Å². The second-order valence-corrected chi connectivity index (χ2v) is 5.95. The molecule has 1 aliphatic rings. The summed E-state index contributed by atoms with van der Waals surface area (Å²) in [7, 11) is 1.64. The van der Waals surface area contributed by atoms with E-state index in [0.29, 0.717) is 11.8 Å². The topological polar surface area (TPSA) is 64.5 Å². The molecule has 124 valence electrons. The Labute approximate surface area is 140 Å². The summed E-state index contributed by atoms with van der Waals surface area (Å²) in [5.41, 5.74) is 0.823. The Balaban J connectivity index is 1.47. The van der Waals surface area contributed by atoms with Gasteiger partial charge in [0.2, 0.25) is 5.89 Å². The Morgan fingerprint density at radius 2 is 2.12 bits per heavy atom. The molecule has 1 saturated heterocycles. The number of hydrogen-bond donors (Lipinski definition) is 0. The normalized spacial score (nSPS) is 18.1. The molecule has 2 aromatic heterocycles. The van der Waals surface area contributed by atoms with E-state index in [1.807, 2.05) is 36.4 Å². The molecule has 0 radical (unpaired) electrons. The zero-order valence-corrected chi connectivity index (χ0v) is 13.5. The Kier molecular flexibility index (Phi) is 4.04. The first kappa shape index (κ1) is 15.0. The summed E-state index contributed by atoms with van der Waals surface area (Å²) in [5.74, 6) is 3.18. The number of aromatic nitrogens is 2. The Hall–Kier alpha value is -2.60. The quantitative estimate of drug-likeness (QED) is 0.717. The summed E-state index contributed by atoms with van der Waals surface area (Å²) in [6, 6.07) is 11.6. The van der Waals surface area contributed by atoms with Gasteiger partial charge in [0.1, 0.15) is 11.5 Å². The van der Waals surface area contributed by atoms with Crippen LogP contribution in [0.15, 0.2) is 51.5 Å². The molecular weight excluding hydrogens is 306 g/mol. The highest BCUT2D eigenvalue weighted by Gasteiger charge is 2.29. The fourth-order valence-electron chi connectivity index (χ4n) is 3.13. The molecule has 0 spiro atoms. The lowest BCUT2D eigenvalue weighted by Gasteiger charge is -2.12. The van der Waals surface area contributed by atoms with Crippen molar-refractivity contribution in [1.29, 1.82) is 0 Å². The molecule has 1 aromatic carbocycles. The minimum Gasteiger partial charge on any atom is -0.496 e. The molecule has 1 aliphatic heterocycles. The van der Waals surface area contributed by atoms with Crippen LogP contribution in [0, 0.1) is 0 Å². The number of benzene rings is 1. The van der Waals surface area contributed by atoms with Crippen molar-refractivity contribution in [1.82, 2.24) is 15.1 Å². The maximum Gasteiger partial charge on any atom is 0.251 e. The molecule has 1 atom stereocenters. The minimum absolute atomic E-state index is 0.260. The van der Waals surface area contributed by atoms with Gasteiger partial charge in [-0.1, -0.05) is 12.1 Å². The van der Waals surface area contributed by atoms with Crippen molar-refractivity contribution >= 4 is 0 Å². The molecule has 24 heavy (non-hydrogen) atoms. The first-order chi connectivity index (χ1) is 11.8. The summed E-state index contributed by atoms with van der Waals surface area (Å²) in [4.78, 5) is 2.34. The maximum atomic E-state index is 5.93. The van der Waals surface area contributed by atoms with Crippen LogP contribution >= 0.6 is 0 Å². The number of likely N-dealkylation sites (tertiary alicyclic amines) is 1. The average Bonchev–Trinajstić information content (AvgIpc) is 3.36. The SMILES string of the molecule is COc1ccccc1-c1nnc(C2CCN(Cc3ccco3)C2)o1. The van der Waals surface area contributed by atoms with E-state index in [-0.39, 0.29) is 5.92 Å². The molecule has 0 N–H and O–H groups in total. The van der Waals surface area contributed by atoms with Crippen LogP contribution < -0.4 is 4.74 Å². The van der Waals surface area contributed by atoms with Crippen LogP contribution in [0.1, 0.15) is 24.0 Å². The molecule has 0 aliphatic carbocycles. The summed E-state index contributed by atoms with van der Waals surface area (Å²) in [6.07, 6.45) is 2.72. The van der Waals surface area contributed by atoms with Gasteiger partial charge in [-0.15, -0.1) is 10.2 Å². The number of rotatable bonds is 5. The molecule has 1 fully saturated rings. The maximum absolute atomic E-state index is 5.93. The molecule has 6 heteroatoms. The number of furan rings is 1. The van der Waals surface area contributed by atoms with Crippen molar-refractivity contribution < 1.29 is 13.6 Å². The van der Waals surface area contributed by atoms with Crippen molar-refractivity contribution in [3.8, 4) is 17.2 Å². The molecule has 3 heterocycles. The van der Waals surface area contributed by atoms with Crippen molar-refractivity contribution in [3.63, 3.8) is 0 Å². The Morgan fingerprint density at radius 1 is 1.21 bits per heavy atom. The number of hydrogen-bond acceptors (Lipinski definition) is 6. The van der Waals surface area contributed by atoms with Crippen LogP contribution in [0.2, 0.25) is 0 Å². The second kappa shape index (κ2) is 6.49. The zero-order valence-electron chi connectivity index (χ0n) is 13.5. The summed E-state index contributed by atoms with van der Waals surface area (Å²) in [6.45, 7) is 2.71. The smallest absolute Gasteiger partial charge is 0.251 e. The average molecular weight is 325 g/mol. The van der Waals surface area contributed by atoms with Gasteiger partial charge >= 0.3 is 0 Å².